The summed E-state index contributed by atoms with van der Waals surface area (Å²) in [6.07, 6.45) is 4.39. The van der Waals surface area contributed by atoms with Crippen LogP contribution in [0.2, 0.25) is 0 Å². The summed E-state index contributed by atoms with van der Waals surface area (Å²) in [7, 11) is 0. The molecule has 0 aliphatic carbocycles. The number of hydrogen-bond donors (Lipinski definition) is 0. The minimum absolute atomic E-state index is 0.169. The van der Waals surface area contributed by atoms with Gasteiger partial charge in [-0.15, -0.1) is 0 Å². The van der Waals surface area contributed by atoms with Crippen LogP contribution in [0.15, 0.2) is 48.8 Å². The molecule has 23 heavy (non-hydrogen) atoms. The first-order chi connectivity index (χ1) is 11.0. The lowest BCUT2D eigenvalue weighted by Gasteiger charge is -2.32. The first-order valence-electron chi connectivity index (χ1n) is 7.85. The maximum Gasteiger partial charge on any atom is 0.107 e. The molecule has 0 bridgehead atoms. The van der Waals surface area contributed by atoms with Crippen LogP contribution >= 0.6 is 0 Å². The molecule has 0 saturated heterocycles. The minimum atomic E-state index is 0.169. The summed E-state index contributed by atoms with van der Waals surface area (Å²) >= 11 is 0. The highest BCUT2D eigenvalue weighted by Crippen LogP contribution is 2.34. The third-order valence-corrected chi connectivity index (χ3v) is 4.51. The molecule has 3 nitrogen and oxygen atoms in total. The summed E-state index contributed by atoms with van der Waals surface area (Å²) in [6.45, 7) is 8.56. The zero-order valence-corrected chi connectivity index (χ0v) is 14.0. The summed E-state index contributed by atoms with van der Waals surface area (Å²) < 4.78 is 0. The molecule has 1 aliphatic rings. The van der Waals surface area contributed by atoms with Crippen molar-refractivity contribution in [1.29, 1.82) is 5.26 Å². The summed E-state index contributed by atoms with van der Waals surface area (Å²) in [5, 5.41) is 9.17. The Balaban J connectivity index is 1.99. The Morgan fingerprint density at radius 1 is 0.913 bits per heavy atom. The van der Waals surface area contributed by atoms with Gasteiger partial charge in [0.15, 0.2) is 0 Å². The standard InChI is InChI=1S/C20H21N3/c1-14-8-9-18(13-21)12-19(14)22-10-11-23(17(22)4)20-15(2)6-5-7-16(20)3/h5-12,17H,1-4H3. The molecule has 116 valence electrons. The number of benzene rings is 2. The van der Waals surface area contributed by atoms with E-state index >= 15 is 0 Å². The number of para-hydroxylation sites is 1. The van der Waals surface area contributed by atoms with Crippen LogP contribution in [0.3, 0.4) is 0 Å². The van der Waals surface area contributed by atoms with Crippen LogP contribution in [0.5, 0.6) is 0 Å². The van der Waals surface area contributed by atoms with Crippen LogP contribution < -0.4 is 9.80 Å². The van der Waals surface area contributed by atoms with Gasteiger partial charge in [0.2, 0.25) is 0 Å². The highest BCUT2D eigenvalue weighted by atomic mass is 15.4. The Morgan fingerprint density at radius 2 is 1.57 bits per heavy atom. The lowest BCUT2D eigenvalue weighted by Crippen LogP contribution is -2.37. The van der Waals surface area contributed by atoms with Gasteiger partial charge in [0, 0.05) is 23.8 Å². The van der Waals surface area contributed by atoms with Gasteiger partial charge in [0.05, 0.1) is 11.6 Å². The highest BCUT2D eigenvalue weighted by Gasteiger charge is 2.27. The summed E-state index contributed by atoms with van der Waals surface area (Å²) in [5.74, 6) is 0. The van der Waals surface area contributed by atoms with Crippen molar-refractivity contribution in [3.05, 3.63) is 71.1 Å². The molecule has 0 fully saturated rings. The molecule has 3 rings (SSSR count). The lowest BCUT2D eigenvalue weighted by molar-refractivity contribution is 0.745. The molecule has 1 heterocycles. The number of nitriles is 1. The largest absolute Gasteiger partial charge is 0.325 e. The topological polar surface area (TPSA) is 30.3 Å². The van der Waals surface area contributed by atoms with E-state index in [1.807, 2.05) is 18.2 Å². The van der Waals surface area contributed by atoms with Crippen molar-refractivity contribution in [3.63, 3.8) is 0 Å². The maximum atomic E-state index is 9.17. The van der Waals surface area contributed by atoms with Crippen molar-refractivity contribution >= 4 is 11.4 Å². The van der Waals surface area contributed by atoms with E-state index in [-0.39, 0.29) is 6.17 Å². The normalized spacial score (nSPS) is 16.7. The van der Waals surface area contributed by atoms with Crippen LogP contribution in [0.1, 0.15) is 29.2 Å². The average Bonchev–Trinajstić information content (AvgIpc) is 2.89. The number of nitrogens with zero attached hydrogens (tertiary/aromatic N) is 3. The number of anilines is 2. The number of hydrogen-bond acceptors (Lipinski definition) is 3. The van der Waals surface area contributed by atoms with E-state index in [2.05, 4.69) is 74.2 Å². The van der Waals surface area contributed by atoms with Crippen LogP contribution in [-0.4, -0.2) is 6.17 Å². The molecule has 2 aromatic carbocycles. The Morgan fingerprint density at radius 3 is 2.22 bits per heavy atom. The average molecular weight is 303 g/mol. The molecule has 1 unspecified atom stereocenters. The molecule has 0 N–H and O–H groups in total. The van der Waals surface area contributed by atoms with Gasteiger partial charge >= 0.3 is 0 Å². The lowest BCUT2D eigenvalue weighted by atomic mass is 10.1. The monoisotopic (exact) mass is 303 g/mol. The zero-order valence-electron chi connectivity index (χ0n) is 14.0. The van der Waals surface area contributed by atoms with Gasteiger partial charge in [-0.3, -0.25) is 0 Å². The fourth-order valence-corrected chi connectivity index (χ4v) is 3.24. The van der Waals surface area contributed by atoms with Crippen LogP contribution in [0.25, 0.3) is 0 Å². The summed E-state index contributed by atoms with van der Waals surface area (Å²) in [6, 6.07) is 14.5. The first-order valence-corrected chi connectivity index (χ1v) is 7.85. The van der Waals surface area contributed by atoms with Crippen molar-refractivity contribution in [2.75, 3.05) is 9.80 Å². The fourth-order valence-electron chi connectivity index (χ4n) is 3.24. The van der Waals surface area contributed by atoms with Gasteiger partial charge in [-0.2, -0.15) is 5.26 Å². The Hall–Kier alpha value is -2.73. The fraction of sp³-hybridized carbons (Fsp3) is 0.250. The Kier molecular flexibility index (Phi) is 3.83. The smallest absolute Gasteiger partial charge is 0.107 e. The van der Waals surface area contributed by atoms with E-state index in [1.54, 1.807) is 0 Å². The third kappa shape index (κ3) is 2.57. The second-order valence-electron chi connectivity index (χ2n) is 6.10. The van der Waals surface area contributed by atoms with Crippen molar-refractivity contribution in [1.82, 2.24) is 0 Å². The Labute approximate surface area is 138 Å². The third-order valence-electron chi connectivity index (χ3n) is 4.51. The maximum absolute atomic E-state index is 9.17. The van der Waals surface area contributed by atoms with Crippen molar-refractivity contribution in [3.8, 4) is 6.07 Å². The Bertz CT molecular complexity index is 794. The second kappa shape index (κ2) is 5.81. The summed E-state index contributed by atoms with van der Waals surface area (Å²) in [5.41, 5.74) is 6.74. The molecule has 1 aliphatic heterocycles. The molecule has 0 radical (unpaired) electrons. The van der Waals surface area contributed by atoms with Crippen LogP contribution in [-0.2, 0) is 0 Å². The van der Waals surface area contributed by atoms with Gasteiger partial charge in [-0.25, -0.2) is 0 Å². The van der Waals surface area contributed by atoms with Gasteiger partial charge < -0.3 is 9.80 Å². The van der Waals surface area contributed by atoms with Gasteiger partial charge in [-0.1, -0.05) is 24.3 Å². The van der Waals surface area contributed by atoms with E-state index in [0.29, 0.717) is 5.56 Å². The van der Waals surface area contributed by atoms with Gasteiger partial charge in [0.25, 0.3) is 0 Å². The molecule has 1 atom stereocenters. The number of aryl methyl sites for hydroxylation is 3. The van der Waals surface area contributed by atoms with Crippen LogP contribution in [0.4, 0.5) is 11.4 Å². The molecule has 0 amide bonds. The molecule has 0 saturated carbocycles. The molecule has 2 aromatic rings. The molecule has 0 aromatic heterocycles. The molecule has 0 spiro atoms. The predicted octanol–water partition coefficient (Wildman–Crippen LogP) is 4.63. The minimum Gasteiger partial charge on any atom is -0.325 e. The van der Waals surface area contributed by atoms with Crippen LogP contribution in [0, 0.1) is 32.1 Å². The SMILES string of the molecule is Cc1ccc(C#N)cc1N1C=CN(c2c(C)cccc2C)C1C. The highest BCUT2D eigenvalue weighted by molar-refractivity contribution is 5.68. The van der Waals surface area contributed by atoms with Gasteiger partial charge in [0.1, 0.15) is 6.17 Å². The van der Waals surface area contributed by atoms with Gasteiger partial charge in [-0.05, 0) is 56.5 Å². The number of rotatable bonds is 2. The first kappa shape index (κ1) is 15.2. The van der Waals surface area contributed by atoms with Crippen molar-refractivity contribution in [2.45, 2.75) is 33.9 Å². The quantitative estimate of drug-likeness (QED) is 0.810. The second-order valence-corrected chi connectivity index (χ2v) is 6.10. The molecular formula is C20H21N3. The summed E-state index contributed by atoms with van der Waals surface area (Å²) in [4.78, 5) is 4.52. The van der Waals surface area contributed by atoms with E-state index < -0.39 is 0 Å². The van der Waals surface area contributed by atoms with E-state index in [9.17, 15) is 0 Å². The van der Waals surface area contributed by atoms with E-state index in [0.717, 1.165) is 5.69 Å². The predicted molar refractivity (Wildman–Crippen MR) is 95.4 cm³/mol. The van der Waals surface area contributed by atoms with Crippen molar-refractivity contribution < 1.29 is 0 Å². The van der Waals surface area contributed by atoms with Crippen molar-refractivity contribution in [2.24, 2.45) is 0 Å². The zero-order chi connectivity index (χ0) is 16.6. The van der Waals surface area contributed by atoms with E-state index in [4.69, 9.17) is 5.26 Å². The molecule has 3 heteroatoms. The molecular weight excluding hydrogens is 282 g/mol. The van der Waals surface area contributed by atoms with E-state index in [1.165, 1.54) is 22.4 Å².